The third kappa shape index (κ3) is 2.72. The van der Waals surface area contributed by atoms with Crippen LogP contribution in [0.1, 0.15) is 29.9 Å². The van der Waals surface area contributed by atoms with Crippen LogP contribution in [0.2, 0.25) is 0 Å². The van der Waals surface area contributed by atoms with Gasteiger partial charge in [0.2, 0.25) is 0 Å². The minimum absolute atomic E-state index is 0. The van der Waals surface area contributed by atoms with Crippen molar-refractivity contribution in [1.82, 2.24) is 5.32 Å². The summed E-state index contributed by atoms with van der Waals surface area (Å²) in [6.45, 7) is 0.830. The number of halogens is 2. The second kappa shape index (κ2) is 6.22. The number of nitrogens with one attached hydrogen (secondary N) is 1. The molecule has 2 nitrogen and oxygen atoms in total. The SMILES string of the molecule is CNCC1CCCc2c(OC)ccc(F)c21.Cl. The van der Waals surface area contributed by atoms with Gasteiger partial charge in [0.05, 0.1) is 7.11 Å². The van der Waals surface area contributed by atoms with Gasteiger partial charge in [0.25, 0.3) is 0 Å². The van der Waals surface area contributed by atoms with Gasteiger partial charge in [0.15, 0.2) is 0 Å². The van der Waals surface area contributed by atoms with Crippen molar-refractivity contribution in [2.24, 2.45) is 0 Å². The highest BCUT2D eigenvalue weighted by Gasteiger charge is 2.25. The summed E-state index contributed by atoms with van der Waals surface area (Å²) in [6, 6.07) is 3.25. The summed E-state index contributed by atoms with van der Waals surface area (Å²) in [5.74, 6) is 1.02. The zero-order valence-corrected chi connectivity index (χ0v) is 11.1. The van der Waals surface area contributed by atoms with Gasteiger partial charge >= 0.3 is 0 Å². The lowest BCUT2D eigenvalue weighted by Gasteiger charge is -2.27. The quantitative estimate of drug-likeness (QED) is 0.901. The van der Waals surface area contributed by atoms with Gasteiger partial charge in [-0.05, 0) is 49.9 Å². The third-order valence-electron chi connectivity index (χ3n) is 3.32. The third-order valence-corrected chi connectivity index (χ3v) is 3.32. The fourth-order valence-corrected chi connectivity index (χ4v) is 2.63. The molecule has 1 unspecified atom stereocenters. The van der Waals surface area contributed by atoms with Crippen molar-refractivity contribution in [1.29, 1.82) is 0 Å². The zero-order chi connectivity index (χ0) is 11.5. The van der Waals surface area contributed by atoms with E-state index in [0.717, 1.165) is 42.7 Å². The van der Waals surface area contributed by atoms with E-state index >= 15 is 0 Å². The predicted octanol–water partition coefficient (Wildman–Crippen LogP) is 2.90. The van der Waals surface area contributed by atoms with Crippen molar-refractivity contribution < 1.29 is 9.13 Å². The Bertz CT molecular complexity index is 384. The number of hydrogen-bond acceptors (Lipinski definition) is 2. The summed E-state index contributed by atoms with van der Waals surface area (Å²) in [6.07, 6.45) is 3.09. The predicted molar refractivity (Wildman–Crippen MR) is 69.8 cm³/mol. The summed E-state index contributed by atoms with van der Waals surface area (Å²) in [4.78, 5) is 0. The average Bonchev–Trinajstić information content (AvgIpc) is 2.30. The van der Waals surface area contributed by atoms with Crippen LogP contribution in [0, 0.1) is 5.82 Å². The molecule has 96 valence electrons. The Balaban J connectivity index is 0.00000144. The average molecular weight is 260 g/mol. The molecular formula is C13H19ClFNO. The maximum atomic E-state index is 13.9. The Morgan fingerprint density at radius 1 is 1.47 bits per heavy atom. The van der Waals surface area contributed by atoms with Crippen LogP contribution in [0.25, 0.3) is 0 Å². The van der Waals surface area contributed by atoms with Gasteiger partial charge in [-0.2, -0.15) is 0 Å². The molecule has 1 aromatic rings. The number of methoxy groups -OCH3 is 1. The summed E-state index contributed by atoms with van der Waals surface area (Å²) in [5.41, 5.74) is 1.92. The van der Waals surface area contributed by atoms with Crippen LogP contribution < -0.4 is 10.1 Å². The van der Waals surface area contributed by atoms with Crippen molar-refractivity contribution in [3.63, 3.8) is 0 Å². The molecule has 1 aliphatic rings. The molecule has 0 radical (unpaired) electrons. The Hall–Kier alpha value is -0.800. The smallest absolute Gasteiger partial charge is 0.127 e. The standard InChI is InChI=1S/C13H18FNO.ClH/c1-15-8-9-4-3-5-10-12(16-2)7-6-11(14)13(9)10;/h6-7,9,15H,3-5,8H2,1-2H3;1H. The summed E-state index contributed by atoms with van der Waals surface area (Å²) in [7, 11) is 3.56. The van der Waals surface area contributed by atoms with Gasteiger partial charge < -0.3 is 10.1 Å². The Morgan fingerprint density at radius 2 is 2.24 bits per heavy atom. The molecule has 4 heteroatoms. The van der Waals surface area contributed by atoms with E-state index < -0.39 is 0 Å². The molecule has 0 amide bonds. The molecule has 1 aromatic carbocycles. The molecule has 1 aliphatic carbocycles. The van der Waals surface area contributed by atoms with Crippen LogP contribution in [0.15, 0.2) is 12.1 Å². The van der Waals surface area contributed by atoms with Crippen LogP contribution in [0.4, 0.5) is 4.39 Å². The fourth-order valence-electron chi connectivity index (χ4n) is 2.63. The molecule has 0 heterocycles. The van der Waals surface area contributed by atoms with E-state index in [4.69, 9.17) is 4.74 Å². The van der Waals surface area contributed by atoms with Gasteiger partial charge in [0.1, 0.15) is 11.6 Å². The minimum Gasteiger partial charge on any atom is -0.496 e. The van der Waals surface area contributed by atoms with E-state index in [0.29, 0.717) is 0 Å². The zero-order valence-electron chi connectivity index (χ0n) is 10.3. The molecule has 0 saturated heterocycles. The van der Waals surface area contributed by atoms with Crippen LogP contribution in [-0.2, 0) is 6.42 Å². The van der Waals surface area contributed by atoms with E-state index in [9.17, 15) is 4.39 Å². The maximum Gasteiger partial charge on any atom is 0.127 e. The Kier molecular flexibility index (Phi) is 5.22. The van der Waals surface area contributed by atoms with E-state index in [2.05, 4.69) is 5.32 Å². The highest BCUT2D eigenvalue weighted by atomic mass is 35.5. The minimum atomic E-state index is -0.0873. The summed E-state index contributed by atoms with van der Waals surface area (Å²) >= 11 is 0. The highest BCUT2D eigenvalue weighted by Crippen LogP contribution is 2.37. The monoisotopic (exact) mass is 259 g/mol. The van der Waals surface area contributed by atoms with Crippen LogP contribution in [-0.4, -0.2) is 20.7 Å². The van der Waals surface area contributed by atoms with E-state index in [1.807, 2.05) is 7.05 Å². The molecule has 0 aliphatic heterocycles. The van der Waals surface area contributed by atoms with Gasteiger partial charge in [-0.3, -0.25) is 0 Å². The molecule has 0 bridgehead atoms. The molecule has 0 spiro atoms. The second-order valence-corrected chi connectivity index (χ2v) is 4.29. The highest BCUT2D eigenvalue weighted by molar-refractivity contribution is 5.85. The van der Waals surface area contributed by atoms with Crippen molar-refractivity contribution in [3.8, 4) is 5.75 Å². The lowest BCUT2D eigenvalue weighted by Crippen LogP contribution is -2.22. The molecule has 0 fully saturated rings. The van der Waals surface area contributed by atoms with Crippen LogP contribution in [0.5, 0.6) is 5.75 Å². The first-order valence-electron chi connectivity index (χ1n) is 5.77. The number of rotatable bonds is 3. The van der Waals surface area contributed by atoms with E-state index in [1.165, 1.54) is 6.07 Å². The Morgan fingerprint density at radius 3 is 2.88 bits per heavy atom. The van der Waals surface area contributed by atoms with Crippen molar-refractivity contribution in [3.05, 3.63) is 29.1 Å². The first-order valence-corrected chi connectivity index (χ1v) is 5.77. The van der Waals surface area contributed by atoms with Crippen LogP contribution >= 0.6 is 12.4 Å². The van der Waals surface area contributed by atoms with Crippen LogP contribution in [0.3, 0.4) is 0 Å². The van der Waals surface area contributed by atoms with Gasteiger partial charge in [-0.25, -0.2) is 4.39 Å². The largest absolute Gasteiger partial charge is 0.496 e. The number of fused-ring (bicyclic) bond motifs is 1. The van der Waals surface area contributed by atoms with Gasteiger partial charge in [-0.15, -0.1) is 12.4 Å². The normalized spacial score (nSPS) is 18.2. The van der Waals surface area contributed by atoms with Crippen molar-refractivity contribution >= 4 is 12.4 Å². The molecule has 0 aromatic heterocycles. The van der Waals surface area contributed by atoms with Crippen molar-refractivity contribution in [2.45, 2.75) is 25.2 Å². The van der Waals surface area contributed by atoms with Gasteiger partial charge in [0, 0.05) is 12.1 Å². The molecule has 2 rings (SSSR count). The molecular weight excluding hydrogens is 241 g/mol. The summed E-state index contributed by atoms with van der Waals surface area (Å²) < 4.78 is 19.2. The lowest BCUT2D eigenvalue weighted by molar-refractivity contribution is 0.397. The lowest BCUT2D eigenvalue weighted by atomic mass is 9.82. The number of ether oxygens (including phenoxy) is 1. The summed E-state index contributed by atoms with van der Waals surface area (Å²) in [5, 5.41) is 3.14. The number of hydrogen-bond donors (Lipinski definition) is 1. The first kappa shape index (κ1) is 14.3. The first-order chi connectivity index (χ1) is 7.77. The molecule has 1 atom stereocenters. The van der Waals surface area contributed by atoms with Gasteiger partial charge in [-0.1, -0.05) is 0 Å². The molecule has 1 N–H and O–H groups in total. The topological polar surface area (TPSA) is 21.3 Å². The number of likely N-dealkylation sites (N-methyl/N-ethyl adjacent to an activating group) is 1. The molecule has 17 heavy (non-hydrogen) atoms. The maximum absolute atomic E-state index is 13.9. The van der Waals surface area contributed by atoms with Crippen molar-refractivity contribution in [2.75, 3.05) is 20.7 Å². The number of benzene rings is 1. The Labute approximate surface area is 108 Å². The molecule has 0 saturated carbocycles. The fraction of sp³-hybridized carbons (Fsp3) is 0.538. The second-order valence-electron chi connectivity index (χ2n) is 4.29. The van der Waals surface area contributed by atoms with E-state index in [-0.39, 0.29) is 24.1 Å². The van der Waals surface area contributed by atoms with E-state index in [1.54, 1.807) is 13.2 Å².